The molecule has 1 rings (SSSR count). The number of carbonyl (C=O) groups excluding carboxylic acids is 2. The minimum atomic E-state index is -1.61. The quantitative estimate of drug-likeness (QED) is 0.0271. The molecular weight excluding hydrogens is 725 g/mol. The van der Waals surface area contributed by atoms with Crippen molar-refractivity contribution in [3.05, 3.63) is 48.6 Å². The fourth-order valence-electron chi connectivity index (χ4n) is 6.55. The van der Waals surface area contributed by atoms with E-state index in [1.165, 1.54) is 96.3 Å². The number of carbonyl (C=O) groups is 2. The van der Waals surface area contributed by atoms with E-state index in [1.54, 1.807) is 0 Å². The Balaban J connectivity index is 2.39. The van der Waals surface area contributed by atoms with Crippen LogP contribution in [0.3, 0.4) is 0 Å². The van der Waals surface area contributed by atoms with Gasteiger partial charge in [-0.05, 0) is 70.6 Å². The Labute approximate surface area is 346 Å². The molecule has 2 unspecified atom stereocenters. The third-order valence-electron chi connectivity index (χ3n) is 10.2. The van der Waals surface area contributed by atoms with E-state index in [2.05, 4.69) is 56.4 Å². The van der Waals surface area contributed by atoms with E-state index in [0.29, 0.717) is 19.3 Å². The molecule has 0 aromatic carbocycles. The summed E-state index contributed by atoms with van der Waals surface area (Å²) in [6, 6.07) is 0. The topological polar surface area (TPSA) is 152 Å². The van der Waals surface area contributed by atoms with E-state index < -0.39 is 55.4 Å². The molecule has 1 fully saturated rings. The van der Waals surface area contributed by atoms with E-state index in [1.807, 2.05) is 6.08 Å². The van der Waals surface area contributed by atoms with Gasteiger partial charge in [0.05, 0.1) is 13.2 Å². The van der Waals surface area contributed by atoms with Crippen LogP contribution in [-0.4, -0.2) is 89.0 Å². The second-order valence-electron chi connectivity index (χ2n) is 15.5. The van der Waals surface area contributed by atoms with Crippen LogP contribution in [0, 0.1) is 0 Å². The predicted molar refractivity (Wildman–Crippen MR) is 229 cm³/mol. The highest BCUT2D eigenvalue weighted by Gasteiger charge is 2.44. The Kier molecular flexibility index (Phi) is 35.0. The predicted octanol–water partition coefficient (Wildman–Crippen LogP) is 9.67. The van der Waals surface area contributed by atoms with Crippen molar-refractivity contribution in [1.82, 2.24) is 0 Å². The van der Waals surface area contributed by atoms with Crippen molar-refractivity contribution in [2.24, 2.45) is 0 Å². The van der Waals surface area contributed by atoms with Gasteiger partial charge in [0.1, 0.15) is 31.0 Å². The summed E-state index contributed by atoms with van der Waals surface area (Å²) in [7, 11) is 0. The second-order valence-corrected chi connectivity index (χ2v) is 15.5. The van der Waals surface area contributed by atoms with E-state index in [0.717, 1.165) is 38.5 Å². The minimum Gasteiger partial charge on any atom is -0.462 e. The molecule has 0 radical (unpaired) electrons. The van der Waals surface area contributed by atoms with Gasteiger partial charge in [0.25, 0.3) is 0 Å². The zero-order valence-corrected chi connectivity index (χ0v) is 35.8. The molecule has 330 valence electrons. The van der Waals surface area contributed by atoms with Gasteiger partial charge < -0.3 is 39.4 Å². The average Bonchev–Trinajstić information content (AvgIpc) is 3.21. The van der Waals surface area contributed by atoms with E-state index in [4.69, 9.17) is 18.9 Å². The lowest BCUT2D eigenvalue weighted by molar-refractivity contribution is -0.305. The van der Waals surface area contributed by atoms with Crippen LogP contribution in [0.1, 0.15) is 181 Å². The van der Waals surface area contributed by atoms with Gasteiger partial charge in [-0.25, -0.2) is 0 Å². The fourth-order valence-corrected chi connectivity index (χ4v) is 6.55. The third-order valence-corrected chi connectivity index (χ3v) is 10.2. The fraction of sp³-hybridized carbons (Fsp3) is 0.787. The molecule has 1 aliphatic heterocycles. The summed E-state index contributed by atoms with van der Waals surface area (Å²) in [5.41, 5.74) is 0. The van der Waals surface area contributed by atoms with Gasteiger partial charge in [-0.1, -0.05) is 146 Å². The maximum Gasteiger partial charge on any atom is 0.306 e. The Morgan fingerprint density at radius 1 is 0.544 bits per heavy atom. The molecule has 1 saturated heterocycles. The number of hydrogen-bond acceptors (Lipinski definition) is 10. The summed E-state index contributed by atoms with van der Waals surface area (Å²) >= 11 is 0. The number of rotatable bonds is 37. The number of ether oxygens (including phenoxy) is 4. The van der Waals surface area contributed by atoms with Crippen LogP contribution in [0.25, 0.3) is 0 Å². The Morgan fingerprint density at radius 2 is 1.00 bits per heavy atom. The smallest absolute Gasteiger partial charge is 0.306 e. The second kappa shape index (κ2) is 37.9. The summed E-state index contributed by atoms with van der Waals surface area (Å²) < 4.78 is 22.1. The van der Waals surface area contributed by atoms with E-state index in [-0.39, 0.29) is 26.1 Å². The van der Waals surface area contributed by atoms with E-state index >= 15 is 0 Å². The highest BCUT2D eigenvalue weighted by Crippen LogP contribution is 2.22. The summed E-state index contributed by atoms with van der Waals surface area (Å²) in [6.07, 6.45) is 37.0. The molecule has 0 saturated carbocycles. The maximum absolute atomic E-state index is 12.7. The third kappa shape index (κ3) is 29.5. The summed E-state index contributed by atoms with van der Waals surface area (Å²) in [5.74, 6) is -0.894. The highest BCUT2D eigenvalue weighted by atomic mass is 16.7. The van der Waals surface area contributed by atoms with Gasteiger partial charge in [0.2, 0.25) is 0 Å². The molecule has 0 aromatic heterocycles. The Morgan fingerprint density at radius 3 is 1.54 bits per heavy atom. The van der Waals surface area contributed by atoms with Crippen molar-refractivity contribution in [3.8, 4) is 0 Å². The van der Waals surface area contributed by atoms with Crippen molar-refractivity contribution in [1.29, 1.82) is 0 Å². The molecule has 4 N–H and O–H groups in total. The Bertz CT molecular complexity index is 1070. The number of aliphatic hydroxyl groups excluding tert-OH is 4. The van der Waals surface area contributed by atoms with E-state index in [9.17, 15) is 30.0 Å². The molecule has 10 heteroatoms. The zero-order valence-electron chi connectivity index (χ0n) is 35.8. The molecule has 10 nitrogen and oxygen atoms in total. The molecule has 57 heavy (non-hydrogen) atoms. The Hall–Kier alpha value is -2.34. The largest absolute Gasteiger partial charge is 0.462 e. The average molecular weight is 807 g/mol. The van der Waals surface area contributed by atoms with Crippen molar-refractivity contribution in [2.45, 2.75) is 218 Å². The number of unbranched alkanes of at least 4 members (excludes halogenated alkanes) is 18. The number of hydrogen-bond donors (Lipinski definition) is 4. The molecule has 0 bridgehead atoms. The summed E-state index contributed by atoms with van der Waals surface area (Å²) in [5, 5.41) is 40.0. The number of esters is 2. The van der Waals surface area contributed by atoms with Crippen molar-refractivity contribution in [2.75, 3.05) is 19.8 Å². The van der Waals surface area contributed by atoms with Crippen LogP contribution >= 0.6 is 0 Å². The van der Waals surface area contributed by atoms with Crippen LogP contribution in [0.2, 0.25) is 0 Å². The summed E-state index contributed by atoms with van der Waals surface area (Å²) in [4.78, 5) is 25.3. The molecule has 0 spiro atoms. The first-order valence-electron chi connectivity index (χ1n) is 22.7. The van der Waals surface area contributed by atoms with Gasteiger partial charge >= 0.3 is 11.9 Å². The summed E-state index contributed by atoms with van der Waals surface area (Å²) in [6.45, 7) is 3.34. The van der Waals surface area contributed by atoms with Crippen LogP contribution in [0.15, 0.2) is 48.6 Å². The highest BCUT2D eigenvalue weighted by molar-refractivity contribution is 5.70. The standard InChI is InChI=1S/C47H82O10/c1-3-5-7-9-11-13-15-17-19-20-22-24-26-28-30-32-34-36-43(50)56-40(39-55-47-46(53)45(52)44(51)41(37-48)57-47)38-54-42(49)35-33-31-29-27-25-23-21-18-16-14-12-10-8-6-4-2/h17,19,22,24-25,27-28,30,40-41,44-48,51-53H,3-16,18,20-21,23,26,29,31-39H2,1-2H3/b19-17+,24-22+,27-25+,30-28+/t40-,41-,44+,45?,46?,47-/m1/s1. The van der Waals surface area contributed by atoms with Crippen molar-refractivity contribution >= 4 is 11.9 Å². The molecule has 0 aliphatic carbocycles. The maximum atomic E-state index is 12.7. The first-order chi connectivity index (χ1) is 27.8. The van der Waals surface area contributed by atoms with Crippen molar-refractivity contribution in [3.63, 3.8) is 0 Å². The lowest BCUT2D eigenvalue weighted by Crippen LogP contribution is -2.59. The van der Waals surface area contributed by atoms with Crippen molar-refractivity contribution < 1.29 is 49.0 Å². The lowest BCUT2D eigenvalue weighted by atomic mass is 9.99. The molecule has 0 amide bonds. The number of allylic oxidation sites excluding steroid dienone is 8. The van der Waals surface area contributed by atoms with Gasteiger partial charge in [-0.2, -0.15) is 0 Å². The minimum absolute atomic E-state index is 0.153. The first kappa shape index (κ1) is 52.7. The van der Waals surface area contributed by atoms with Crippen LogP contribution < -0.4 is 0 Å². The van der Waals surface area contributed by atoms with Crippen LogP contribution in [-0.2, 0) is 28.5 Å². The van der Waals surface area contributed by atoms with Gasteiger partial charge in [0, 0.05) is 12.8 Å². The molecular formula is C47H82O10. The molecule has 6 atom stereocenters. The molecule has 1 aliphatic rings. The van der Waals surface area contributed by atoms with Gasteiger partial charge in [-0.3, -0.25) is 9.59 Å². The molecule has 1 heterocycles. The monoisotopic (exact) mass is 807 g/mol. The first-order valence-corrected chi connectivity index (χ1v) is 22.7. The normalized spacial score (nSPS) is 20.7. The van der Waals surface area contributed by atoms with Crippen LogP contribution in [0.5, 0.6) is 0 Å². The SMILES string of the molecule is CCCCCCCC/C=C/C/C=C/C/C=C/CCCC(=O)O[C@H](COC(=O)CCCC/C=C/CCCCCCCCCCC)CO[C@@H]1O[C@H](CO)[C@H](O)C(O)C1O. The zero-order chi connectivity index (χ0) is 41.6. The lowest BCUT2D eigenvalue weighted by Gasteiger charge is -2.39. The number of aliphatic hydroxyl groups is 4. The van der Waals surface area contributed by atoms with Gasteiger partial charge in [-0.15, -0.1) is 0 Å². The van der Waals surface area contributed by atoms with Gasteiger partial charge in [0.15, 0.2) is 12.4 Å². The molecule has 0 aromatic rings. The van der Waals surface area contributed by atoms with Crippen LogP contribution in [0.4, 0.5) is 0 Å².